The second kappa shape index (κ2) is 6.06. The first-order valence-electron chi connectivity index (χ1n) is 7.87. The van der Waals surface area contributed by atoms with Gasteiger partial charge in [0.15, 0.2) is 0 Å². The molecule has 104 valence electrons. The van der Waals surface area contributed by atoms with Crippen LogP contribution < -0.4 is 5.73 Å². The van der Waals surface area contributed by atoms with Crippen LogP contribution in [0.1, 0.15) is 50.0 Å². The third-order valence-electron chi connectivity index (χ3n) is 5.06. The van der Waals surface area contributed by atoms with E-state index in [2.05, 4.69) is 35.2 Å². The molecule has 0 spiro atoms. The van der Waals surface area contributed by atoms with Gasteiger partial charge < -0.3 is 10.6 Å². The smallest absolute Gasteiger partial charge is 0.00957 e. The highest BCUT2D eigenvalue weighted by Crippen LogP contribution is 2.35. The van der Waals surface area contributed by atoms with Crippen LogP contribution in [0.2, 0.25) is 0 Å². The molecule has 1 aromatic carbocycles. The zero-order valence-electron chi connectivity index (χ0n) is 11.8. The number of rotatable bonds is 2. The van der Waals surface area contributed by atoms with Gasteiger partial charge in [0.2, 0.25) is 0 Å². The number of hydrogen-bond donors (Lipinski definition) is 1. The molecule has 1 saturated heterocycles. The third kappa shape index (κ3) is 3.18. The van der Waals surface area contributed by atoms with Crippen molar-refractivity contribution in [2.24, 2.45) is 5.73 Å². The van der Waals surface area contributed by atoms with Crippen molar-refractivity contribution in [2.45, 2.75) is 56.5 Å². The second-order valence-electron chi connectivity index (χ2n) is 6.29. The number of benzene rings is 1. The lowest BCUT2D eigenvalue weighted by Gasteiger charge is -2.40. The van der Waals surface area contributed by atoms with E-state index in [1.807, 2.05) is 0 Å². The largest absolute Gasteiger partial charge is 0.328 e. The van der Waals surface area contributed by atoms with Crippen molar-refractivity contribution in [1.29, 1.82) is 0 Å². The van der Waals surface area contributed by atoms with Crippen LogP contribution in [0.3, 0.4) is 0 Å². The van der Waals surface area contributed by atoms with E-state index in [9.17, 15) is 0 Å². The molecule has 2 N–H and O–H groups in total. The highest BCUT2D eigenvalue weighted by molar-refractivity contribution is 5.20. The summed E-state index contributed by atoms with van der Waals surface area (Å²) in [5.41, 5.74) is 7.54. The van der Waals surface area contributed by atoms with E-state index in [0.717, 1.165) is 12.0 Å². The van der Waals surface area contributed by atoms with Gasteiger partial charge in [-0.2, -0.15) is 0 Å². The van der Waals surface area contributed by atoms with Crippen molar-refractivity contribution in [2.75, 3.05) is 13.1 Å². The zero-order chi connectivity index (χ0) is 13.1. The Morgan fingerprint density at radius 2 is 1.47 bits per heavy atom. The maximum absolute atomic E-state index is 6.00. The summed E-state index contributed by atoms with van der Waals surface area (Å²) in [5.74, 6) is 0.796. The van der Waals surface area contributed by atoms with E-state index in [4.69, 9.17) is 5.73 Å². The molecular weight excluding hydrogens is 232 g/mol. The molecule has 1 aliphatic heterocycles. The molecule has 0 aromatic heterocycles. The lowest BCUT2D eigenvalue weighted by atomic mass is 9.81. The van der Waals surface area contributed by atoms with Crippen LogP contribution in [0.15, 0.2) is 30.3 Å². The maximum Gasteiger partial charge on any atom is 0.00957 e. The topological polar surface area (TPSA) is 29.3 Å². The normalized spacial score (nSPS) is 30.4. The van der Waals surface area contributed by atoms with E-state index >= 15 is 0 Å². The molecule has 2 nitrogen and oxygen atoms in total. The fourth-order valence-corrected chi connectivity index (χ4v) is 3.78. The molecule has 1 saturated carbocycles. The molecule has 0 atom stereocenters. The summed E-state index contributed by atoms with van der Waals surface area (Å²) in [6, 6.07) is 12.3. The van der Waals surface area contributed by atoms with Crippen LogP contribution in [-0.2, 0) is 0 Å². The Hall–Kier alpha value is -0.860. The van der Waals surface area contributed by atoms with Crippen LogP contribution in [-0.4, -0.2) is 30.1 Å². The number of nitrogens with zero attached hydrogens (tertiary/aromatic N) is 1. The molecule has 1 aromatic rings. The molecule has 1 aliphatic carbocycles. The fourth-order valence-electron chi connectivity index (χ4n) is 3.78. The minimum absolute atomic E-state index is 0.455. The van der Waals surface area contributed by atoms with Gasteiger partial charge in [0, 0.05) is 12.1 Å². The van der Waals surface area contributed by atoms with Crippen LogP contribution in [0.4, 0.5) is 0 Å². The van der Waals surface area contributed by atoms with E-state index in [1.165, 1.54) is 51.6 Å². The summed E-state index contributed by atoms with van der Waals surface area (Å²) in [5, 5.41) is 0. The van der Waals surface area contributed by atoms with E-state index in [0.29, 0.717) is 6.04 Å². The maximum atomic E-state index is 6.00. The predicted molar refractivity (Wildman–Crippen MR) is 80.2 cm³/mol. The Bertz CT molecular complexity index is 374. The summed E-state index contributed by atoms with van der Waals surface area (Å²) in [7, 11) is 0. The van der Waals surface area contributed by atoms with Gasteiger partial charge in [0.05, 0.1) is 0 Å². The number of likely N-dealkylation sites (tertiary alicyclic amines) is 1. The monoisotopic (exact) mass is 258 g/mol. The minimum Gasteiger partial charge on any atom is -0.328 e. The van der Waals surface area contributed by atoms with Crippen molar-refractivity contribution < 1.29 is 0 Å². The number of hydrogen-bond acceptors (Lipinski definition) is 2. The molecule has 0 unspecified atom stereocenters. The van der Waals surface area contributed by atoms with Gasteiger partial charge in [0.25, 0.3) is 0 Å². The van der Waals surface area contributed by atoms with Crippen molar-refractivity contribution in [3.8, 4) is 0 Å². The predicted octanol–water partition coefficient (Wildman–Crippen LogP) is 3.14. The minimum atomic E-state index is 0.455. The summed E-state index contributed by atoms with van der Waals surface area (Å²) in [4.78, 5) is 2.70. The number of piperidine rings is 1. The fraction of sp³-hybridized carbons (Fsp3) is 0.647. The van der Waals surface area contributed by atoms with Gasteiger partial charge in [-0.15, -0.1) is 0 Å². The van der Waals surface area contributed by atoms with Gasteiger partial charge in [-0.05, 0) is 63.1 Å². The lowest BCUT2D eigenvalue weighted by molar-refractivity contribution is 0.118. The lowest BCUT2D eigenvalue weighted by Crippen LogP contribution is -2.46. The first-order valence-corrected chi connectivity index (χ1v) is 7.87. The van der Waals surface area contributed by atoms with Crippen LogP contribution in [0.25, 0.3) is 0 Å². The molecular formula is C17H26N2. The van der Waals surface area contributed by atoms with Gasteiger partial charge in [-0.3, -0.25) is 0 Å². The highest BCUT2D eigenvalue weighted by Gasteiger charge is 2.28. The molecule has 0 bridgehead atoms. The van der Waals surface area contributed by atoms with Crippen molar-refractivity contribution in [3.63, 3.8) is 0 Å². The van der Waals surface area contributed by atoms with Gasteiger partial charge >= 0.3 is 0 Å². The van der Waals surface area contributed by atoms with E-state index in [1.54, 1.807) is 5.56 Å². The van der Waals surface area contributed by atoms with E-state index in [-0.39, 0.29) is 0 Å². The molecule has 0 amide bonds. The van der Waals surface area contributed by atoms with Gasteiger partial charge in [-0.25, -0.2) is 0 Å². The highest BCUT2D eigenvalue weighted by atomic mass is 15.2. The molecule has 0 radical (unpaired) electrons. The van der Waals surface area contributed by atoms with E-state index < -0.39 is 0 Å². The van der Waals surface area contributed by atoms with Gasteiger partial charge in [0.1, 0.15) is 0 Å². The van der Waals surface area contributed by atoms with Crippen molar-refractivity contribution in [1.82, 2.24) is 4.90 Å². The molecule has 19 heavy (non-hydrogen) atoms. The van der Waals surface area contributed by atoms with Crippen molar-refractivity contribution >= 4 is 0 Å². The Kier molecular flexibility index (Phi) is 4.19. The molecule has 2 fully saturated rings. The van der Waals surface area contributed by atoms with Crippen molar-refractivity contribution in [3.05, 3.63) is 35.9 Å². The summed E-state index contributed by atoms with van der Waals surface area (Å²) in [6.45, 7) is 2.45. The summed E-state index contributed by atoms with van der Waals surface area (Å²) >= 11 is 0. The Morgan fingerprint density at radius 3 is 2.11 bits per heavy atom. The van der Waals surface area contributed by atoms with Gasteiger partial charge in [-0.1, -0.05) is 30.3 Å². The van der Waals surface area contributed by atoms with Crippen LogP contribution in [0.5, 0.6) is 0 Å². The molecule has 2 aliphatic rings. The first kappa shape index (κ1) is 13.1. The molecule has 3 rings (SSSR count). The Balaban J connectivity index is 1.52. The average molecular weight is 258 g/mol. The zero-order valence-corrected chi connectivity index (χ0v) is 11.8. The summed E-state index contributed by atoms with van der Waals surface area (Å²) < 4.78 is 0. The Labute approximate surface area is 117 Å². The Morgan fingerprint density at radius 1 is 0.842 bits per heavy atom. The first-order chi connectivity index (χ1) is 9.33. The second-order valence-corrected chi connectivity index (χ2v) is 6.29. The molecule has 1 heterocycles. The standard InChI is InChI=1S/C17H26N2/c18-16-10-12-19(13-11-16)17-8-6-15(7-9-17)14-4-2-1-3-5-14/h1-5,15-17H,6-13,18H2. The summed E-state index contributed by atoms with van der Waals surface area (Å²) in [6.07, 6.45) is 7.84. The number of nitrogens with two attached hydrogens (primary N) is 1. The SMILES string of the molecule is NC1CCN(C2CCC(c3ccccc3)CC2)CC1. The third-order valence-corrected chi connectivity index (χ3v) is 5.06. The van der Waals surface area contributed by atoms with Crippen LogP contribution >= 0.6 is 0 Å². The van der Waals surface area contributed by atoms with Crippen LogP contribution in [0, 0.1) is 0 Å². The average Bonchev–Trinajstić information content (AvgIpc) is 2.49. The quantitative estimate of drug-likeness (QED) is 0.883. The molecule has 2 heteroatoms.